The standard InChI is InChI=1S/C22H27N3O4S/c1-16(2)21(26)24-19-10-8-17(9-11-19)15-23-22(27)18-6-5-7-20(14-18)30(28,29)25-12-3-4-13-25/h5-11,14,16H,3-4,12-13,15H2,1-2H3,(H,23,27)(H,24,26). The van der Waals surface area contributed by atoms with Crippen molar-refractivity contribution in [3.63, 3.8) is 0 Å². The molecular weight excluding hydrogens is 402 g/mol. The van der Waals surface area contributed by atoms with E-state index in [9.17, 15) is 18.0 Å². The predicted molar refractivity (Wildman–Crippen MR) is 116 cm³/mol. The van der Waals surface area contributed by atoms with Crippen molar-refractivity contribution >= 4 is 27.5 Å². The van der Waals surface area contributed by atoms with Crippen LogP contribution in [0.2, 0.25) is 0 Å². The first-order valence-electron chi connectivity index (χ1n) is 10.1. The summed E-state index contributed by atoms with van der Waals surface area (Å²) in [5.74, 6) is -0.500. The Kier molecular flexibility index (Phi) is 6.89. The predicted octanol–water partition coefficient (Wildman–Crippen LogP) is 3.00. The maximum atomic E-state index is 12.7. The number of amides is 2. The Morgan fingerprint density at radius 3 is 2.33 bits per heavy atom. The number of sulfonamides is 1. The normalized spacial score (nSPS) is 14.6. The Bertz CT molecular complexity index is 1010. The highest BCUT2D eigenvalue weighted by atomic mass is 32.2. The summed E-state index contributed by atoms with van der Waals surface area (Å²) in [7, 11) is -3.56. The van der Waals surface area contributed by atoms with E-state index in [-0.39, 0.29) is 22.6 Å². The van der Waals surface area contributed by atoms with Gasteiger partial charge in [0.2, 0.25) is 15.9 Å². The van der Waals surface area contributed by atoms with Gasteiger partial charge in [0.25, 0.3) is 5.91 Å². The maximum absolute atomic E-state index is 12.7. The molecule has 1 aliphatic heterocycles. The Labute approximate surface area is 177 Å². The lowest BCUT2D eigenvalue weighted by molar-refractivity contribution is -0.118. The van der Waals surface area contributed by atoms with Gasteiger partial charge in [-0.05, 0) is 48.7 Å². The fraction of sp³-hybridized carbons (Fsp3) is 0.364. The van der Waals surface area contributed by atoms with Crippen molar-refractivity contribution < 1.29 is 18.0 Å². The third-order valence-electron chi connectivity index (χ3n) is 5.00. The molecule has 0 bridgehead atoms. The zero-order valence-electron chi connectivity index (χ0n) is 17.2. The summed E-state index contributed by atoms with van der Waals surface area (Å²) in [6.45, 7) is 4.98. The SMILES string of the molecule is CC(C)C(=O)Nc1ccc(CNC(=O)c2cccc(S(=O)(=O)N3CCCC3)c2)cc1. The van der Waals surface area contributed by atoms with E-state index in [1.807, 2.05) is 26.0 Å². The van der Waals surface area contributed by atoms with E-state index >= 15 is 0 Å². The first kappa shape index (κ1) is 22.0. The van der Waals surface area contributed by atoms with Crippen LogP contribution in [0.1, 0.15) is 42.6 Å². The van der Waals surface area contributed by atoms with Crippen molar-refractivity contribution in [2.75, 3.05) is 18.4 Å². The fourth-order valence-corrected chi connectivity index (χ4v) is 4.72. The van der Waals surface area contributed by atoms with Crippen LogP contribution in [0.5, 0.6) is 0 Å². The molecule has 1 aliphatic rings. The minimum Gasteiger partial charge on any atom is -0.348 e. The lowest BCUT2D eigenvalue weighted by Gasteiger charge is -2.16. The van der Waals surface area contributed by atoms with Crippen LogP contribution in [0, 0.1) is 5.92 Å². The third kappa shape index (κ3) is 5.25. The van der Waals surface area contributed by atoms with E-state index in [0.29, 0.717) is 30.9 Å². The Balaban J connectivity index is 1.62. The first-order valence-corrected chi connectivity index (χ1v) is 11.5. The van der Waals surface area contributed by atoms with Crippen molar-refractivity contribution in [1.29, 1.82) is 0 Å². The summed E-state index contributed by atoms with van der Waals surface area (Å²) in [5, 5.41) is 5.62. The second kappa shape index (κ2) is 9.40. The van der Waals surface area contributed by atoms with Crippen LogP contribution in [0.25, 0.3) is 0 Å². The molecule has 1 saturated heterocycles. The molecule has 2 aromatic rings. The maximum Gasteiger partial charge on any atom is 0.251 e. The average molecular weight is 430 g/mol. The van der Waals surface area contributed by atoms with Crippen LogP contribution in [-0.4, -0.2) is 37.6 Å². The number of carbonyl (C=O) groups is 2. The van der Waals surface area contributed by atoms with Gasteiger partial charge in [-0.2, -0.15) is 4.31 Å². The molecule has 2 N–H and O–H groups in total. The number of hydrogen-bond donors (Lipinski definition) is 2. The number of benzene rings is 2. The molecule has 0 atom stereocenters. The fourth-order valence-electron chi connectivity index (χ4n) is 3.15. The van der Waals surface area contributed by atoms with Gasteiger partial charge in [-0.3, -0.25) is 9.59 Å². The molecular formula is C22H27N3O4S. The Morgan fingerprint density at radius 1 is 1.03 bits per heavy atom. The largest absolute Gasteiger partial charge is 0.348 e. The second-order valence-electron chi connectivity index (χ2n) is 7.66. The Hall–Kier alpha value is -2.71. The molecule has 160 valence electrons. The number of rotatable bonds is 7. The molecule has 3 rings (SSSR count). The number of nitrogens with one attached hydrogen (secondary N) is 2. The first-order chi connectivity index (χ1) is 14.3. The van der Waals surface area contributed by atoms with Crippen molar-refractivity contribution in [3.05, 3.63) is 59.7 Å². The molecule has 2 amide bonds. The van der Waals surface area contributed by atoms with Gasteiger partial charge in [-0.25, -0.2) is 8.42 Å². The quantitative estimate of drug-likeness (QED) is 0.707. The summed E-state index contributed by atoms with van der Waals surface area (Å²) < 4.78 is 26.9. The van der Waals surface area contributed by atoms with Crippen molar-refractivity contribution in [2.45, 2.75) is 38.1 Å². The molecule has 0 saturated carbocycles. The van der Waals surface area contributed by atoms with E-state index in [0.717, 1.165) is 18.4 Å². The number of nitrogens with zero attached hydrogens (tertiary/aromatic N) is 1. The summed E-state index contributed by atoms with van der Waals surface area (Å²) in [4.78, 5) is 24.4. The number of hydrogen-bond acceptors (Lipinski definition) is 4. The molecule has 0 aromatic heterocycles. The highest BCUT2D eigenvalue weighted by molar-refractivity contribution is 7.89. The average Bonchev–Trinajstić information content (AvgIpc) is 3.29. The van der Waals surface area contributed by atoms with Gasteiger partial charge in [0.15, 0.2) is 0 Å². The number of anilines is 1. The highest BCUT2D eigenvalue weighted by Crippen LogP contribution is 2.21. The zero-order valence-corrected chi connectivity index (χ0v) is 18.0. The van der Waals surface area contributed by atoms with Gasteiger partial charge >= 0.3 is 0 Å². The van der Waals surface area contributed by atoms with E-state index in [4.69, 9.17) is 0 Å². The van der Waals surface area contributed by atoms with Gasteiger partial charge in [-0.15, -0.1) is 0 Å². The molecule has 0 aliphatic carbocycles. The van der Waals surface area contributed by atoms with Crippen LogP contribution >= 0.6 is 0 Å². The van der Waals surface area contributed by atoms with Gasteiger partial charge in [0.05, 0.1) is 4.90 Å². The van der Waals surface area contributed by atoms with Crippen LogP contribution in [-0.2, 0) is 21.4 Å². The molecule has 7 nitrogen and oxygen atoms in total. The Morgan fingerprint density at radius 2 is 1.70 bits per heavy atom. The summed E-state index contributed by atoms with van der Waals surface area (Å²) in [6, 6.07) is 13.3. The van der Waals surface area contributed by atoms with Gasteiger partial charge in [0, 0.05) is 36.8 Å². The van der Waals surface area contributed by atoms with Gasteiger partial charge < -0.3 is 10.6 Å². The summed E-state index contributed by atoms with van der Waals surface area (Å²) in [5.41, 5.74) is 1.87. The monoisotopic (exact) mass is 429 g/mol. The van der Waals surface area contributed by atoms with E-state index in [1.165, 1.54) is 16.4 Å². The summed E-state index contributed by atoms with van der Waals surface area (Å²) >= 11 is 0. The highest BCUT2D eigenvalue weighted by Gasteiger charge is 2.27. The minimum atomic E-state index is -3.56. The lowest BCUT2D eigenvalue weighted by Crippen LogP contribution is -2.28. The zero-order chi connectivity index (χ0) is 21.7. The lowest BCUT2D eigenvalue weighted by atomic mass is 10.1. The van der Waals surface area contributed by atoms with Crippen molar-refractivity contribution in [2.24, 2.45) is 5.92 Å². The van der Waals surface area contributed by atoms with Crippen LogP contribution in [0.3, 0.4) is 0 Å². The van der Waals surface area contributed by atoms with E-state index in [2.05, 4.69) is 10.6 Å². The minimum absolute atomic E-state index is 0.0557. The van der Waals surface area contributed by atoms with E-state index < -0.39 is 10.0 Å². The molecule has 30 heavy (non-hydrogen) atoms. The van der Waals surface area contributed by atoms with Gasteiger partial charge in [-0.1, -0.05) is 32.0 Å². The van der Waals surface area contributed by atoms with Crippen LogP contribution in [0.15, 0.2) is 53.4 Å². The van der Waals surface area contributed by atoms with Crippen molar-refractivity contribution in [3.8, 4) is 0 Å². The molecule has 1 fully saturated rings. The molecule has 0 spiro atoms. The molecule has 2 aromatic carbocycles. The summed E-state index contributed by atoms with van der Waals surface area (Å²) in [6.07, 6.45) is 1.72. The molecule has 0 radical (unpaired) electrons. The number of carbonyl (C=O) groups excluding carboxylic acids is 2. The molecule has 0 unspecified atom stereocenters. The van der Waals surface area contributed by atoms with Crippen molar-refractivity contribution in [1.82, 2.24) is 9.62 Å². The second-order valence-corrected chi connectivity index (χ2v) is 9.60. The van der Waals surface area contributed by atoms with E-state index in [1.54, 1.807) is 24.3 Å². The van der Waals surface area contributed by atoms with Crippen LogP contribution < -0.4 is 10.6 Å². The smallest absolute Gasteiger partial charge is 0.251 e. The topological polar surface area (TPSA) is 95.6 Å². The third-order valence-corrected chi connectivity index (χ3v) is 6.89. The van der Waals surface area contributed by atoms with Gasteiger partial charge in [0.1, 0.15) is 0 Å². The molecule has 8 heteroatoms. The van der Waals surface area contributed by atoms with Crippen LogP contribution in [0.4, 0.5) is 5.69 Å². The molecule has 1 heterocycles.